The zero-order valence-electron chi connectivity index (χ0n) is 9.59. The fraction of sp³-hybridized carbons (Fsp3) is 0.167. The Kier molecular flexibility index (Phi) is 2.40. The van der Waals surface area contributed by atoms with Gasteiger partial charge in [0.15, 0.2) is 5.82 Å². The number of carbonyl (C=O) groups is 1. The van der Waals surface area contributed by atoms with Crippen LogP contribution in [-0.4, -0.2) is 29.0 Å². The average Bonchev–Trinajstić information content (AvgIpc) is 2.83. The van der Waals surface area contributed by atoms with Crippen molar-refractivity contribution in [2.24, 2.45) is 0 Å². The van der Waals surface area contributed by atoms with E-state index in [0.29, 0.717) is 24.6 Å². The Hall–Kier alpha value is -2.50. The number of amides is 1. The molecule has 1 aromatic carbocycles. The van der Waals surface area contributed by atoms with Gasteiger partial charge in [-0.05, 0) is 12.1 Å². The van der Waals surface area contributed by atoms with Crippen LogP contribution in [0.2, 0.25) is 0 Å². The second kappa shape index (κ2) is 4.06. The molecule has 18 heavy (non-hydrogen) atoms. The summed E-state index contributed by atoms with van der Waals surface area (Å²) >= 11 is 0. The smallest absolute Gasteiger partial charge is 0.278 e. The Morgan fingerprint density at radius 3 is 3.06 bits per heavy atom. The normalized spacial score (nSPS) is 13.9. The van der Waals surface area contributed by atoms with Gasteiger partial charge in [0.25, 0.3) is 5.91 Å². The third-order valence-electron chi connectivity index (χ3n) is 2.86. The fourth-order valence-electron chi connectivity index (χ4n) is 1.99. The summed E-state index contributed by atoms with van der Waals surface area (Å²) in [5.74, 6) is 0.722. The van der Waals surface area contributed by atoms with Crippen molar-refractivity contribution in [3.05, 3.63) is 36.3 Å². The molecule has 3 rings (SSSR count). The van der Waals surface area contributed by atoms with Crippen molar-refractivity contribution in [1.29, 1.82) is 0 Å². The van der Waals surface area contributed by atoms with Gasteiger partial charge in [0.05, 0.1) is 18.6 Å². The van der Waals surface area contributed by atoms with Crippen LogP contribution < -0.4 is 15.4 Å². The molecule has 6 heteroatoms. The lowest BCUT2D eigenvalue weighted by atomic mass is 10.2. The number of ether oxygens (including phenoxy) is 1. The maximum Gasteiger partial charge on any atom is 0.278 e. The monoisotopic (exact) mass is 244 g/mol. The van der Waals surface area contributed by atoms with E-state index >= 15 is 0 Å². The molecule has 1 aromatic heterocycles. The highest BCUT2D eigenvalue weighted by Gasteiger charge is 2.26. The molecule has 0 atom stereocenters. The fourth-order valence-corrected chi connectivity index (χ4v) is 1.99. The Labute approximate surface area is 103 Å². The maximum absolute atomic E-state index is 12.4. The van der Waals surface area contributed by atoms with E-state index in [0.717, 1.165) is 5.69 Å². The van der Waals surface area contributed by atoms with Crippen LogP contribution in [0.25, 0.3) is 0 Å². The number of imidazole rings is 1. The van der Waals surface area contributed by atoms with Crippen molar-refractivity contribution >= 4 is 17.4 Å². The number of aromatic amines is 1. The summed E-state index contributed by atoms with van der Waals surface area (Å²) in [6, 6.07) is 7.42. The lowest BCUT2D eigenvalue weighted by Gasteiger charge is -2.29. The lowest BCUT2D eigenvalue weighted by Crippen LogP contribution is -2.38. The van der Waals surface area contributed by atoms with E-state index in [9.17, 15) is 4.79 Å². The number of hydrogen-bond donors (Lipinski definition) is 2. The number of benzene rings is 1. The quantitative estimate of drug-likeness (QED) is 0.784. The number of hydrogen-bond acceptors (Lipinski definition) is 4. The number of carbonyl (C=O) groups excluding carboxylic acids is 1. The number of rotatable bonds is 1. The Morgan fingerprint density at radius 1 is 1.44 bits per heavy atom. The number of anilines is 2. The molecule has 2 heterocycles. The number of nitrogens with two attached hydrogens (primary N) is 1. The van der Waals surface area contributed by atoms with Crippen LogP contribution in [0.5, 0.6) is 5.75 Å². The molecule has 0 saturated carbocycles. The predicted molar refractivity (Wildman–Crippen MR) is 66.6 cm³/mol. The summed E-state index contributed by atoms with van der Waals surface area (Å²) in [4.78, 5) is 20.6. The molecule has 1 aliphatic rings. The number of fused-ring (bicyclic) bond motifs is 1. The van der Waals surface area contributed by atoms with Gasteiger partial charge in [-0.25, -0.2) is 4.98 Å². The zero-order chi connectivity index (χ0) is 12.5. The van der Waals surface area contributed by atoms with E-state index in [1.54, 1.807) is 4.90 Å². The summed E-state index contributed by atoms with van der Waals surface area (Å²) in [6.07, 6.45) is 1.41. The van der Waals surface area contributed by atoms with Gasteiger partial charge in [0, 0.05) is 0 Å². The van der Waals surface area contributed by atoms with Crippen molar-refractivity contribution in [3.8, 4) is 5.75 Å². The van der Waals surface area contributed by atoms with Gasteiger partial charge in [-0.3, -0.25) is 4.79 Å². The van der Waals surface area contributed by atoms with E-state index < -0.39 is 0 Å². The van der Waals surface area contributed by atoms with Crippen molar-refractivity contribution in [3.63, 3.8) is 0 Å². The van der Waals surface area contributed by atoms with Crippen molar-refractivity contribution in [2.75, 3.05) is 23.8 Å². The third-order valence-corrected chi connectivity index (χ3v) is 2.86. The minimum absolute atomic E-state index is 0.194. The first-order valence-corrected chi connectivity index (χ1v) is 5.60. The van der Waals surface area contributed by atoms with Crippen molar-refractivity contribution in [2.45, 2.75) is 0 Å². The summed E-state index contributed by atoms with van der Waals surface area (Å²) in [5.41, 5.74) is 6.71. The highest BCUT2D eigenvalue weighted by Crippen LogP contribution is 2.32. The molecule has 0 fully saturated rings. The van der Waals surface area contributed by atoms with Crippen LogP contribution in [-0.2, 0) is 0 Å². The second-order valence-electron chi connectivity index (χ2n) is 3.94. The van der Waals surface area contributed by atoms with E-state index in [-0.39, 0.29) is 11.7 Å². The number of nitrogen functional groups attached to an aromatic ring is 1. The van der Waals surface area contributed by atoms with Crippen LogP contribution in [0.1, 0.15) is 10.5 Å². The number of aromatic nitrogens is 2. The Bertz CT molecular complexity index is 593. The minimum atomic E-state index is -0.194. The largest absolute Gasteiger partial charge is 0.490 e. The van der Waals surface area contributed by atoms with Gasteiger partial charge in [-0.15, -0.1) is 0 Å². The van der Waals surface area contributed by atoms with Crippen molar-refractivity contribution in [1.82, 2.24) is 9.97 Å². The minimum Gasteiger partial charge on any atom is -0.490 e. The van der Waals surface area contributed by atoms with Gasteiger partial charge >= 0.3 is 0 Å². The lowest BCUT2D eigenvalue weighted by molar-refractivity contribution is 0.0973. The summed E-state index contributed by atoms with van der Waals surface area (Å²) in [7, 11) is 0. The zero-order valence-corrected chi connectivity index (χ0v) is 9.59. The molecule has 1 amide bonds. The Balaban J connectivity index is 2.00. The Morgan fingerprint density at radius 2 is 2.28 bits per heavy atom. The van der Waals surface area contributed by atoms with Gasteiger partial charge in [0.1, 0.15) is 18.1 Å². The molecule has 0 spiro atoms. The van der Waals surface area contributed by atoms with E-state index in [1.807, 2.05) is 24.3 Å². The summed E-state index contributed by atoms with van der Waals surface area (Å²) < 4.78 is 5.50. The first-order valence-electron chi connectivity index (χ1n) is 5.60. The van der Waals surface area contributed by atoms with Gasteiger partial charge in [0.2, 0.25) is 0 Å². The standard InChI is InChI=1S/C12H12N4O2/c13-11-10(14-7-15-11)12(17)16-5-6-18-9-4-2-1-3-8(9)16/h1-4,7H,5-6,13H2,(H,14,15). The summed E-state index contributed by atoms with van der Waals surface area (Å²) in [5, 5.41) is 0. The van der Waals surface area contributed by atoms with Crippen molar-refractivity contribution < 1.29 is 9.53 Å². The molecule has 0 bridgehead atoms. The van der Waals surface area contributed by atoms with Crippen LogP contribution in [0, 0.1) is 0 Å². The van der Waals surface area contributed by atoms with Gasteiger partial charge < -0.3 is 20.4 Å². The van der Waals surface area contributed by atoms with Crippen LogP contribution in [0.3, 0.4) is 0 Å². The molecule has 0 saturated heterocycles. The van der Waals surface area contributed by atoms with E-state index in [4.69, 9.17) is 10.5 Å². The van der Waals surface area contributed by atoms with Crippen LogP contribution in [0.15, 0.2) is 30.6 Å². The molecule has 1 aliphatic heterocycles. The third kappa shape index (κ3) is 1.58. The first-order chi connectivity index (χ1) is 8.77. The molecule has 92 valence electrons. The molecule has 0 unspecified atom stereocenters. The highest BCUT2D eigenvalue weighted by molar-refractivity contribution is 6.08. The summed E-state index contributed by atoms with van der Waals surface area (Å²) in [6.45, 7) is 0.963. The SMILES string of the molecule is Nc1nc[nH]c1C(=O)N1CCOc2ccccc21. The maximum atomic E-state index is 12.4. The first kappa shape index (κ1) is 10.6. The van der Waals surface area contributed by atoms with E-state index in [2.05, 4.69) is 9.97 Å². The topological polar surface area (TPSA) is 84.2 Å². The molecule has 6 nitrogen and oxygen atoms in total. The van der Waals surface area contributed by atoms with E-state index in [1.165, 1.54) is 6.33 Å². The molecule has 3 N–H and O–H groups in total. The van der Waals surface area contributed by atoms with Gasteiger partial charge in [-0.1, -0.05) is 12.1 Å². The van der Waals surface area contributed by atoms with Gasteiger partial charge in [-0.2, -0.15) is 0 Å². The number of nitrogens with zero attached hydrogens (tertiary/aromatic N) is 2. The average molecular weight is 244 g/mol. The highest BCUT2D eigenvalue weighted by atomic mass is 16.5. The number of nitrogens with one attached hydrogen (secondary N) is 1. The molecule has 0 radical (unpaired) electrons. The molecular formula is C12H12N4O2. The molecule has 0 aliphatic carbocycles. The number of para-hydroxylation sites is 2. The second-order valence-corrected chi connectivity index (χ2v) is 3.94. The molecular weight excluding hydrogens is 232 g/mol. The van der Waals surface area contributed by atoms with Crippen LogP contribution >= 0.6 is 0 Å². The molecule has 2 aromatic rings. The predicted octanol–water partition coefficient (Wildman–Crippen LogP) is 1.03. The number of H-pyrrole nitrogens is 1. The van der Waals surface area contributed by atoms with Crippen LogP contribution in [0.4, 0.5) is 11.5 Å².